The predicted octanol–water partition coefficient (Wildman–Crippen LogP) is 4.41. The molecule has 0 bridgehead atoms. The monoisotopic (exact) mass is 368 g/mol. The molecule has 0 radical (unpaired) electrons. The molecule has 0 saturated carbocycles. The molecule has 0 fully saturated rings. The summed E-state index contributed by atoms with van der Waals surface area (Å²) in [7, 11) is 1.78. The number of aryl methyl sites for hydroxylation is 1. The van der Waals surface area contributed by atoms with E-state index in [9.17, 15) is 4.79 Å². The summed E-state index contributed by atoms with van der Waals surface area (Å²) in [6, 6.07) is 5.86. The zero-order valence-corrected chi connectivity index (χ0v) is 17.1. The number of allylic oxidation sites excluding steroid dienone is 2. The summed E-state index contributed by atoms with van der Waals surface area (Å²) in [5.74, 6) is 1.25. The first-order valence-electron chi connectivity index (χ1n) is 9.41. The van der Waals surface area contributed by atoms with Crippen LogP contribution in [0, 0.1) is 12.8 Å². The maximum absolute atomic E-state index is 11.4. The van der Waals surface area contributed by atoms with Gasteiger partial charge in [0.1, 0.15) is 5.70 Å². The topological polar surface area (TPSA) is 65.8 Å². The van der Waals surface area contributed by atoms with E-state index in [1.165, 1.54) is 0 Å². The van der Waals surface area contributed by atoms with Gasteiger partial charge in [0.15, 0.2) is 12.2 Å². The van der Waals surface area contributed by atoms with Crippen LogP contribution < -0.4 is 10.6 Å². The van der Waals surface area contributed by atoms with E-state index < -0.39 is 0 Å². The van der Waals surface area contributed by atoms with Crippen molar-refractivity contribution in [1.82, 2.24) is 10.6 Å². The zero-order valence-electron chi connectivity index (χ0n) is 17.1. The molecule has 1 rings (SSSR count). The van der Waals surface area contributed by atoms with Crippen molar-refractivity contribution in [3.8, 4) is 0 Å². The first-order valence-corrected chi connectivity index (χ1v) is 9.41. The summed E-state index contributed by atoms with van der Waals surface area (Å²) in [6.45, 7) is 9.04. The van der Waals surface area contributed by atoms with E-state index in [0.29, 0.717) is 17.6 Å². The van der Waals surface area contributed by atoms with Crippen LogP contribution in [0.4, 0.5) is 5.69 Å². The van der Waals surface area contributed by atoms with Crippen molar-refractivity contribution in [3.63, 3.8) is 0 Å². The van der Waals surface area contributed by atoms with Crippen molar-refractivity contribution < 1.29 is 4.79 Å². The second kappa shape index (κ2) is 12.6. The zero-order chi connectivity index (χ0) is 20.1. The molecule has 146 valence electrons. The Kier molecular flexibility index (Phi) is 10.5. The number of nitrogens with one attached hydrogen (secondary N) is 2. The molecule has 0 unspecified atom stereocenters. The number of aldehydes is 1. The Labute approximate surface area is 163 Å². The van der Waals surface area contributed by atoms with Crippen molar-refractivity contribution in [2.24, 2.45) is 15.9 Å². The van der Waals surface area contributed by atoms with Crippen LogP contribution in [0.25, 0.3) is 6.08 Å². The van der Waals surface area contributed by atoms with E-state index >= 15 is 0 Å². The van der Waals surface area contributed by atoms with Gasteiger partial charge in [-0.1, -0.05) is 32.1 Å². The Balaban J connectivity index is 2.77. The summed E-state index contributed by atoms with van der Waals surface area (Å²) in [6.07, 6.45) is 10.7. The summed E-state index contributed by atoms with van der Waals surface area (Å²) in [5, 5.41) is 6.21. The molecule has 5 nitrogen and oxygen atoms in total. The van der Waals surface area contributed by atoms with Crippen LogP contribution in [0.15, 0.2) is 46.0 Å². The number of carbonyl (C=O) groups is 1. The van der Waals surface area contributed by atoms with Gasteiger partial charge in [-0.15, -0.1) is 0 Å². The quantitative estimate of drug-likeness (QED) is 0.169. The molecule has 27 heavy (non-hydrogen) atoms. The molecule has 5 heteroatoms. The maximum atomic E-state index is 11.4. The normalized spacial score (nSPS) is 13.0. The number of carbonyl (C=O) groups excluding carboxylic acids is 1. The largest absolute Gasteiger partial charge is 0.359 e. The maximum Gasteiger partial charge on any atom is 0.196 e. The smallest absolute Gasteiger partial charge is 0.196 e. The van der Waals surface area contributed by atoms with Crippen LogP contribution in [0.2, 0.25) is 0 Å². The summed E-state index contributed by atoms with van der Waals surface area (Å²) < 4.78 is 0. The fourth-order valence-electron chi connectivity index (χ4n) is 2.39. The van der Waals surface area contributed by atoms with Crippen LogP contribution in [-0.4, -0.2) is 32.1 Å². The number of rotatable bonds is 9. The lowest BCUT2D eigenvalue weighted by molar-refractivity contribution is -0.104. The summed E-state index contributed by atoms with van der Waals surface area (Å²) in [4.78, 5) is 20.1. The lowest BCUT2D eigenvalue weighted by Crippen LogP contribution is -2.35. The van der Waals surface area contributed by atoms with Gasteiger partial charge in [-0.05, 0) is 61.9 Å². The molecular formula is C22H32N4O. The second-order valence-electron chi connectivity index (χ2n) is 6.65. The van der Waals surface area contributed by atoms with Crippen molar-refractivity contribution >= 4 is 30.2 Å². The van der Waals surface area contributed by atoms with Crippen molar-refractivity contribution in [1.29, 1.82) is 0 Å². The van der Waals surface area contributed by atoms with Crippen molar-refractivity contribution in [2.45, 2.75) is 40.5 Å². The van der Waals surface area contributed by atoms with Gasteiger partial charge in [0, 0.05) is 19.8 Å². The first kappa shape index (κ1) is 22.4. The number of nitrogens with zero attached hydrogens (tertiary/aromatic N) is 2. The van der Waals surface area contributed by atoms with Crippen LogP contribution in [0.5, 0.6) is 0 Å². The third-order valence-corrected chi connectivity index (χ3v) is 3.78. The number of hydrogen-bond acceptors (Lipinski definition) is 3. The first-order chi connectivity index (χ1) is 13.0. The average molecular weight is 369 g/mol. The minimum atomic E-state index is 0.355. The van der Waals surface area contributed by atoms with Gasteiger partial charge < -0.3 is 10.6 Å². The van der Waals surface area contributed by atoms with Gasteiger partial charge in [0.05, 0.1) is 5.69 Å². The van der Waals surface area contributed by atoms with E-state index in [1.54, 1.807) is 19.3 Å². The summed E-state index contributed by atoms with van der Waals surface area (Å²) in [5.41, 5.74) is 3.25. The van der Waals surface area contributed by atoms with E-state index in [4.69, 9.17) is 0 Å². The third-order valence-electron chi connectivity index (χ3n) is 3.78. The van der Waals surface area contributed by atoms with Crippen molar-refractivity contribution in [3.05, 3.63) is 47.2 Å². The van der Waals surface area contributed by atoms with E-state index in [2.05, 4.69) is 46.6 Å². The van der Waals surface area contributed by atoms with Gasteiger partial charge >= 0.3 is 0 Å². The highest BCUT2D eigenvalue weighted by Crippen LogP contribution is 2.20. The minimum absolute atomic E-state index is 0.355. The van der Waals surface area contributed by atoms with E-state index in [1.807, 2.05) is 32.0 Å². The molecule has 0 heterocycles. The lowest BCUT2D eigenvalue weighted by atomic mass is 10.1. The number of guanidine groups is 1. The SMILES string of the molecule is C/C=N\c1ccc(/C=C(C=O)\N=C(/NC)NCC/C=C/CC(C)C)cc1C. The van der Waals surface area contributed by atoms with Crippen LogP contribution >= 0.6 is 0 Å². The lowest BCUT2D eigenvalue weighted by Gasteiger charge is -2.08. The standard InChI is InChI=1S/C22H32N4O/c1-6-24-21-12-11-19(14-18(21)4)15-20(16-27)26-22(23-5)25-13-9-7-8-10-17(2)3/h6-8,11-12,14-17H,9-10,13H2,1-5H3,(H2,23,25,26)/b8-7+,20-15-,24-6-. The van der Waals surface area contributed by atoms with Gasteiger partial charge in [0.2, 0.25) is 0 Å². The highest BCUT2D eigenvalue weighted by Gasteiger charge is 2.01. The van der Waals surface area contributed by atoms with E-state index in [0.717, 1.165) is 42.5 Å². The molecular weight excluding hydrogens is 336 g/mol. The van der Waals surface area contributed by atoms with Gasteiger partial charge in [-0.3, -0.25) is 9.79 Å². The Morgan fingerprint density at radius 2 is 2.04 bits per heavy atom. The number of benzene rings is 1. The number of aliphatic imine (C=N–C) groups is 2. The molecule has 0 atom stereocenters. The highest BCUT2D eigenvalue weighted by atomic mass is 16.1. The van der Waals surface area contributed by atoms with Crippen LogP contribution in [0.3, 0.4) is 0 Å². The molecule has 0 aliphatic heterocycles. The fraction of sp³-hybridized carbons (Fsp3) is 0.409. The van der Waals surface area contributed by atoms with E-state index in [-0.39, 0.29) is 0 Å². The van der Waals surface area contributed by atoms with Crippen molar-refractivity contribution in [2.75, 3.05) is 13.6 Å². The van der Waals surface area contributed by atoms with Crippen LogP contribution in [0.1, 0.15) is 44.7 Å². The molecule has 0 saturated heterocycles. The third kappa shape index (κ3) is 8.99. The molecule has 0 amide bonds. The predicted molar refractivity (Wildman–Crippen MR) is 117 cm³/mol. The Hall–Kier alpha value is -2.69. The molecule has 0 aliphatic carbocycles. The number of hydrogen-bond donors (Lipinski definition) is 2. The molecule has 1 aromatic carbocycles. The molecule has 0 aliphatic rings. The highest BCUT2D eigenvalue weighted by molar-refractivity contribution is 5.89. The van der Waals surface area contributed by atoms with Gasteiger partial charge in [-0.2, -0.15) is 0 Å². The second-order valence-corrected chi connectivity index (χ2v) is 6.65. The van der Waals surface area contributed by atoms with Gasteiger partial charge in [0.25, 0.3) is 0 Å². The fourth-order valence-corrected chi connectivity index (χ4v) is 2.39. The Bertz CT molecular complexity index is 715. The molecule has 0 aromatic heterocycles. The average Bonchev–Trinajstić information content (AvgIpc) is 2.64. The molecule has 1 aromatic rings. The van der Waals surface area contributed by atoms with Crippen LogP contribution in [-0.2, 0) is 4.79 Å². The van der Waals surface area contributed by atoms with Gasteiger partial charge in [-0.25, -0.2) is 4.99 Å². The summed E-state index contributed by atoms with van der Waals surface area (Å²) >= 11 is 0. The Morgan fingerprint density at radius 3 is 2.63 bits per heavy atom. The minimum Gasteiger partial charge on any atom is -0.359 e. The molecule has 2 N–H and O–H groups in total. The Morgan fingerprint density at radius 1 is 1.26 bits per heavy atom. The molecule has 0 spiro atoms.